The molecule has 0 saturated carbocycles. The number of hydrogen-bond acceptors (Lipinski definition) is 3. The van der Waals surface area contributed by atoms with Crippen molar-refractivity contribution in [1.82, 2.24) is 10.6 Å². The number of amides is 2. The van der Waals surface area contributed by atoms with Gasteiger partial charge in [-0.05, 0) is 54.3 Å². The van der Waals surface area contributed by atoms with Crippen molar-refractivity contribution in [2.45, 2.75) is 19.0 Å². The van der Waals surface area contributed by atoms with Crippen molar-refractivity contribution in [3.63, 3.8) is 0 Å². The van der Waals surface area contributed by atoms with E-state index in [1.807, 2.05) is 6.26 Å². The number of hydrogen-bond donors (Lipinski definition) is 2. The largest absolute Gasteiger partial charge is 0.350 e. The van der Waals surface area contributed by atoms with Crippen molar-refractivity contribution in [3.05, 3.63) is 69.5 Å². The zero-order valence-corrected chi connectivity index (χ0v) is 16.9. The highest BCUT2D eigenvalue weighted by Crippen LogP contribution is 2.21. The van der Waals surface area contributed by atoms with Gasteiger partial charge in [0.2, 0.25) is 5.91 Å². The van der Waals surface area contributed by atoms with Crippen LogP contribution in [0.15, 0.2) is 42.5 Å². The Kier molecular flexibility index (Phi) is 8.41. The van der Waals surface area contributed by atoms with Crippen molar-refractivity contribution < 1.29 is 14.0 Å². The summed E-state index contributed by atoms with van der Waals surface area (Å²) in [5.74, 6) is -0.398. The number of carbonyl (C=O) groups is 2. The monoisotopic (exact) mass is 428 g/mol. The van der Waals surface area contributed by atoms with Gasteiger partial charge in [0.1, 0.15) is 11.9 Å². The predicted octanol–water partition coefficient (Wildman–Crippen LogP) is 4.30. The van der Waals surface area contributed by atoms with E-state index in [0.717, 1.165) is 5.56 Å². The molecule has 0 aliphatic heterocycles. The molecule has 2 aromatic rings. The molecule has 8 heteroatoms. The molecule has 0 spiro atoms. The molecule has 144 valence electrons. The van der Waals surface area contributed by atoms with Crippen LogP contribution >= 0.6 is 35.0 Å². The summed E-state index contributed by atoms with van der Waals surface area (Å²) in [5, 5.41) is 6.13. The minimum Gasteiger partial charge on any atom is -0.350 e. The Morgan fingerprint density at radius 2 is 1.85 bits per heavy atom. The first-order valence-electron chi connectivity index (χ1n) is 8.17. The third kappa shape index (κ3) is 6.72. The number of benzene rings is 2. The van der Waals surface area contributed by atoms with Gasteiger partial charge in [0, 0.05) is 11.6 Å². The van der Waals surface area contributed by atoms with Crippen LogP contribution in [-0.2, 0) is 11.3 Å². The second-order valence-corrected chi connectivity index (χ2v) is 7.61. The van der Waals surface area contributed by atoms with Crippen molar-refractivity contribution >= 4 is 46.8 Å². The normalized spacial score (nSPS) is 11.7. The minimum atomic E-state index is -0.711. The highest BCUT2D eigenvalue weighted by Gasteiger charge is 2.22. The van der Waals surface area contributed by atoms with E-state index in [-0.39, 0.29) is 28.9 Å². The molecule has 2 amide bonds. The fourth-order valence-corrected chi connectivity index (χ4v) is 3.29. The fraction of sp³-hybridized carbons (Fsp3) is 0.263. The van der Waals surface area contributed by atoms with Gasteiger partial charge in [-0.25, -0.2) is 4.39 Å². The standard InChI is InChI=1S/C19H19Cl2FN2O2S/c1-27-9-8-17(19(26)23-11-12-2-5-14(22)6-3-12)24-18(25)15-7-4-13(20)10-16(15)21/h2-7,10,17H,8-9,11H2,1H3,(H,23,26)(H,24,25). The maximum Gasteiger partial charge on any atom is 0.253 e. The van der Waals surface area contributed by atoms with Gasteiger partial charge in [-0.1, -0.05) is 35.3 Å². The first kappa shape index (κ1) is 21.5. The average molecular weight is 429 g/mol. The molecule has 0 heterocycles. The molecule has 2 rings (SSSR count). The quantitative estimate of drug-likeness (QED) is 0.658. The summed E-state index contributed by atoms with van der Waals surface area (Å²) in [7, 11) is 0. The van der Waals surface area contributed by atoms with Gasteiger partial charge in [-0.15, -0.1) is 0 Å². The SMILES string of the molecule is CSCCC(NC(=O)c1ccc(Cl)cc1Cl)C(=O)NCc1ccc(F)cc1. The molecule has 0 aliphatic rings. The highest BCUT2D eigenvalue weighted by molar-refractivity contribution is 7.98. The van der Waals surface area contributed by atoms with Crippen LogP contribution in [0, 0.1) is 5.82 Å². The highest BCUT2D eigenvalue weighted by atomic mass is 35.5. The first-order chi connectivity index (χ1) is 12.9. The number of carbonyl (C=O) groups excluding carboxylic acids is 2. The van der Waals surface area contributed by atoms with Gasteiger partial charge in [0.25, 0.3) is 5.91 Å². The molecular weight excluding hydrogens is 410 g/mol. The summed E-state index contributed by atoms with van der Waals surface area (Å²) < 4.78 is 13.0. The van der Waals surface area contributed by atoms with Crippen LogP contribution in [0.25, 0.3) is 0 Å². The summed E-state index contributed by atoms with van der Waals surface area (Å²) in [6.07, 6.45) is 2.39. The summed E-state index contributed by atoms with van der Waals surface area (Å²) in [6.45, 7) is 0.243. The third-order valence-corrected chi connectivity index (χ3v) is 4.98. The molecule has 1 atom stereocenters. The molecule has 2 aromatic carbocycles. The van der Waals surface area contributed by atoms with E-state index >= 15 is 0 Å². The molecule has 4 nitrogen and oxygen atoms in total. The van der Waals surface area contributed by atoms with Crippen LogP contribution in [0.1, 0.15) is 22.3 Å². The topological polar surface area (TPSA) is 58.2 Å². The maximum absolute atomic E-state index is 13.0. The van der Waals surface area contributed by atoms with E-state index in [2.05, 4.69) is 10.6 Å². The summed E-state index contributed by atoms with van der Waals surface area (Å²) in [4.78, 5) is 25.0. The molecule has 0 bridgehead atoms. The van der Waals surface area contributed by atoms with Gasteiger partial charge in [-0.3, -0.25) is 9.59 Å². The molecule has 0 aromatic heterocycles. The number of rotatable bonds is 8. The zero-order chi connectivity index (χ0) is 19.8. The van der Waals surface area contributed by atoms with E-state index in [4.69, 9.17) is 23.2 Å². The van der Waals surface area contributed by atoms with Crippen molar-refractivity contribution in [3.8, 4) is 0 Å². The summed E-state index contributed by atoms with van der Waals surface area (Å²) >= 11 is 13.5. The number of nitrogens with one attached hydrogen (secondary N) is 2. The lowest BCUT2D eigenvalue weighted by Gasteiger charge is -2.18. The van der Waals surface area contributed by atoms with Crippen LogP contribution in [0.5, 0.6) is 0 Å². The third-order valence-electron chi connectivity index (χ3n) is 3.79. The van der Waals surface area contributed by atoms with E-state index in [1.54, 1.807) is 30.0 Å². The second-order valence-electron chi connectivity index (χ2n) is 5.78. The van der Waals surface area contributed by atoms with Gasteiger partial charge < -0.3 is 10.6 Å². The molecule has 27 heavy (non-hydrogen) atoms. The summed E-state index contributed by atoms with van der Waals surface area (Å²) in [5.41, 5.74) is 1.02. The second kappa shape index (κ2) is 10.5. The number of halogens is 3. The zero-order valence-electron chi connectivity index (χ0n) is 14.6. The van der Waals surface area contributed by atoms with Gasteiger partial charge in [0.15, 0.2) is 0 Å². The Hall–Kier alpha value is -1.76. The van der Waals surface area contributed by atoms with Crippen LogP contribution in [0.2, 0.25) is 10.0 Å². The van der Waals surface area contributed by atoms with Gasteiger partial charge in [-0.2, -0.15) is 11.8 Å². The molecular formula is C19H19Cl2FN2O2S. The Balaban J connectivity index is 2.03. The van der Waals surface area contributed by atoms with E-state index < -0.39 is 11.9 Å². The fourth-order valence-electron chi connectivity index (χ4n) is 2.33. The van der Waals surface area contributed by atoms with Crippen LogP contribution in [-0.4, -0.2) is 29.9 Å². The number of thioether (sulfide) groups is 1. The van der Waals surface area contributed by atoms with Crippen LogP contribution in [0.4, 0.5) is 4.39 Å². The molecule has 2 N–H and O–H groups in total. The van der Waals surface area contributed by atoms with Crippen LogP contribution in [0.3, 0.4) is 0 Å². The van der Waals surface area contributed by atoms with E-state index in [1.165, 1.54) is 24.3 Å². The molecule has 0 fully saturated rings. The summed E-state index contributed by atoms with van der Waals surface area (Å²) in [6, 6.07) is 9.70. The lowest BCUT2D eigenvalue weighted by molar-refractivity contribution is -0.123. The van der Waals surface area contributed by atoms with Gasteiger partial charge >= 0.3 is 0 Å². The lowest BCUT2D eigenvalue weighted by Crippen LogP contribution is -2.47. The van der Waals surface area contributed by atoms with Gasteiger partial charge in [0.05, 0.1) is 10.6 Å². The average Bonchev–Trinajstić information content (AvgIpc) is 2.64. The maximum atomic E-state index is 13.0. The predicted molar refractivity (Wildman–Crippen MR) is 109 cm³/mol. The lowest BCUT2D eigenvalue weighted by atomic mass is 10.1. The van der Waals surface area contributed by atoms with Crippen molar-refractivity contribution in [1.29, 1.82) is 0 Å². The molecule has 1 unspecified atom stereocenters. The Morgan fingerprint density at radius 3 is 2.48 bits per heavy atom. The van der Waals surface area contributed by atoms with Crippen molar-refractivity contribution in [2.75, 3.05) is 12.0 Å². The van der Waals surface area contributed by atoms with E-state index in [9.17, 15) is 14.0 Å². The Bertz CT molecular complexity index is 803. The Morgan fingerprint density at radius 1 is 1.15 bits per heavy atom. The van der Waals surface area contributed by atoms with Crippen molar-refractivity contribution in [2.24, 2.45) is 0 Å². The molecule has 0 saturated heterocycles. The van der Waals surface area contributed by atoms with E-state index in [0.29, 0.717) is 17.2 Å². The van der Waals surface area contributed by atoms with Crippen LogP contribution < -0.4 is 10.6 Å². The molecule has 0 aliphatic carbocycles. The smallest absolute Gasteiger partial charge is 0.253 e. The first-order valence-corrected chi connectivity index (χ1v) is 10.3. The Labute approximate surface area is 171 Å². The molecule has 0 radical (unpaired) electrons. The minimum absolute atomic E-state index is 0.218.